The highest BCUT2D eigenvalue weighted by Gasteiger charge is 2.18. The van der Waals surface area contributed by atoms with Gasteiger partial charge in [-0.15, -0.1) is 0 Å². The summed E-state index contributed by atoms with van der Waals surface area (Å²) in [7, 11) is 3.23. The van der Waals surface area contributed by atoms with Crippen LogP contribution in [0.4, 0.5) is 5.69 Å². The maximum Gasteiger partial charge on any atom is 0.270 e. The lowest BCUT2D eigenvalue weighted by atomic mass is 10.0. The highest BCUT2D eigenvalue weighted by atomic mass is 16.6. The van der Waals surface area contributed by atoms with Gasteiger partial charge in [0.05, 0.1) is 12.0 Å². The molecule has 0 aliphatic carbocycles. The van der Waals surface area contributed by atoms with E-state index in [-0.39, 0.29) is 18.1 Å². The summed E-state index contributed by atoms with van der Waals surface area (Å²) in [5, 5.41) is 11.3. The Bertz CT molecular complexity index is 1130. The predicted octanol–water partition coefficient (Wildman–Crippen LogP) is 4.99. The maximum absolute atomic E-state index is 13.0. The Kier molecular flexibility index (Phi) is 7.84. The van der Waals surface area contributed by atoms with Crippen molar-refractivity contribution in [3.8, 4) is 22.6 Å². The van der Waals surface area contributed by atoms with Crippen LogP contribution in [0.3, 0.4) is 0 Å². The van der Waals surface area contributed by atoms with Crippen molar-refractivity contribution in [1.29, 1.82) is 0 Å². The number of hydrogen-bond donors (Lipinski definition) is 0. The van der Waals surface area contributed by atoms with Crippen LogP contribution < -0.4 is 9.47 Å². The summed E-state index contributed by atoms with van der Waals surface area (Å²) >= 11 is 0. The van der Waals surface area contributed by atoms with E-state index in [0.29, 0.717) is 29.2 Å². The molecular weight excluding hydrogens is 424 g/mol. The third kappa shape index (κ3) is 5.59. The zero-order chi connectivity index (χ0) is 24.0. The number of aromatic nitrogens is 1. The van der Waals surface area contributed by atoms with Crippen LogP contribution in [0.1, 0.15) is 28.2 Å². The average Bonchev–Trinajstić information content (AvgIpc) is 3.11. The Morgan fingerprint density at radius 3 is 2.42 bits per heavy atom. The van der Waals surface area contributed by atoms with Crippen LogP contribution in [0.5, 0.6) is 11.5 Å². The van der Waals surface area contributed by atoms with Crippen LogP contribution in [0.15, 0.2) is 48.5 Å². The molecule has 1 heterocycles. The molecule has 2 aromatic carbocycles. The Morgan fingerprint density at radius 1 is 1.06 bits per heavy atom. The molecule has 0 spiro atoms. The van der Waals surface area contributed by atoms with E-state index < -0.39 is 4.92 Å². The monoisotopic (exact) mass is 452 g/mol. The summed E-state index contributed by atoms with van der Waals surface area (Å²) in [6.45, 7) is 5.13. The Labute approximate surface area is 192 Å². The van der Waals surface area contributed by atoms with Gasteiger partial charge < -0.3 is 18.8 Å². The van der Waals surface area contributed by atoms with Crippen molar-refractivity contribution in [2.45, 2.75) is 26.8 Å². The number of nitro benzene ring substituents is 1. The molecule has 0 atom stereocenters. The molecule has 0 saturated heterocycles. The fraction of sp³-hybridized carbons (Fsp3) is 0.320. The fourth-order valence-corrected chi connectivity index (χ4v) is 3.77. The zero-order valence-corrected chi connectivity index (χ0v) is 19.3. The van der Waals surface area contributed by atoms with Gasteiger partial charge in [-0.25, -0.2) is 0 Å². The van der Waals surface area contributed by atoms with E-state index in [4.69, 9.17) is 14.2 Å². The normalized spacial score (nSPS) is 10.8. The molecule has 1 aromatic heterocycles. The van der Waals surface area contributed by atoms with E-state index in [1.807, 2.05) is 19.9 Å². The van der Waals surface area contributed by atoms with Gasteiger partial charge in [0.2, 0.25) is 5.78 Å². The molecule has 8 heteroatoms. The van der Waals surface area contributed by atoms with Crippen molar-refractivity contribution in [1.82, 2.24) is 4.57 Å². The van der Waals surface area contributed by atoms with Gasteiger partial charge in [-0.2, -0.15) is 0 Å². The maximum atomic E-state index is 13.0. The fourth-order valence-electron chi connectivity index (χ4n) is 3.77. The summed E-state index contributed by atoms with van der Waals surface area (Å²) in [6, 6.07) is 13.3. The third-order valence-electron chi connectivity index (χ3n) is 5.54. The predicted molar refractivity (Wildman–Crippen MR) is 125 cm³/mol. The van der Waals surface area contributed by atoms with Gasteiger partial charge in [-0.1, -0.05) is 12.1 Å². The highest BCUT2D eigenvalue weighted by molar-refractivity contribution is 5.98. The number of nitrogens with zero attached hydrogens (tertiary/aromatic N) is 2. The van der Waals surface area contributed by atoms with Crippen molar-refractivity contribution >= 4 is 11.5 Å². The second kappa shape index (κ2) is 10.8. The van der Waals surface area contributed by atoms with Crippen molar-refractivity contribution < 1.29 is 23.9 Å². The van der Waals surface area contributed by atoms with Crippen LogP contribution >= 0.6 is 0 Å². The molecule has 3 aromatic rings. The van der Waals surface area contributed by atoms with Gasteiger partial charge in [0.1, 0.15) is 11.5 Å². The van der Waals surface area contributed by atoms with E-state index in [1.54, 1.807) is 38.5 Å². The van der Waals surface area contributed by atoms with Crippen LogP contribution in [0.2, 0.25) is 0 Å². The summed E-state index contributed by atoms with van der Waals surface area (Å²) in [5.41, 5.74) is 3.69. The molecule has 0 N–H and O–H groups in total. The lowest BCUT2D eigenvalue weighted by Gasteiger charge is -2.12. The van der Waals surface area contributed by atoms with Crippen LogP contribution in [0.25, 0.3) is 11.1 Å². The molecule has 0 unspecified atom stereocenters. The van der Waals surface area contributed by atoms with Crippen LogP contribution in [0, 0.1) is 24.0 Å². The average molecular weight is 453 g/mol. The molecule has 0 saturated carbocycles. The number of methoxy groups -OCH3 is 2. The SMILES string of the molecule is COCCCn1c(C)cc(C(=O)COc2ccc([N+](=O)[O-])cc2-c2ccc(OC)cc2)c1C. The first-order chi connectivity index (χ1) is 15.8. The summed E-state index contributed by atoms with van der Waals surface area (Å²) in [4.78, 5) is 23.8. The minimum Gasteiger partial charge on any atom is -0.497 e. The largest absolute Gasteiger partial charge is 0.497 e. The zero-order valence-electron chi connectivity index (χ0n) is 19.3. The van der Waals surface area contributed by atoms with Gasteiger partial charge in [0, 0.05) is 54.9 Å². The van der Waals surface area contributed by atoms with E-state index >= 15 is 0 Å². The summed E-state index contributed by atoms with van der Waals surface area (Å²) < 4.78 is 18.3. The second-order valence-electron chi connectivity index (χ2n) is 7.66. The minimum atomic E-state index is -0.458. The van der Waals surface area contributed by atoms with E-state index in [9.17, 15) is 14.9 Å². The summed E-state index contributed by atoms with van der Waals surface area (Å²) in [6.07, 6.45) is 0.852. The first-order valence-electron chi connectivity index (χ1n) is 10.6. The highest BCUT2D eigenvalue weighted by Crippen LogP contribution is 2.34. The van der Waals surface area contributed by atoms with Gasteiger partial charge >= 0.3 is 0 Å². The molecule has 0 fully saturated rings. The first kappa shape index (κ1) is 24.0. The summed E-state index contributed by atoms with van der Waals surface area (Å²) in [5.74, 6) is 0.913. The van der Waals surface area contributed by atoms with Gasteiger partial charge in [0.25, 0.3) is 5.69 Å². The number of nitro groups is 1. The molecule has 3 rings (SSSR count). The van der Waals surface area contributed by atoms with Crippen LogP contribution in [-0.4, -0.2) is 42.7 Å². The third-order valence-corrected chi connectivity index (χ3v) is 5.54. The number of ketones is 1. The Hall–Kier alpha value is -3.65. The number of benzene rings is 2. The lowest BCUT2D eigenvalue weighted by Crippen LogP contribution is -2.13. The number of aryl methyl sites for hydroxylation is 1. The molecule has 0 bridgehead atoms. The number of carbonyl (C=O) groups is 1. The number of Topliss-reactive ketones (excluding diaryl/α,β-unsaturated/α-hetero) is 1. The molecule has 174 valence electrons. The molecule has 33 heavy (non-hydrogen) atoms. The van der Waals surface area contributed by atoms with Crippen molar-refractivity contribution in [2.75, 3.05) is 27.4 Å². The molecular formula is C25H28N2O6. The molecule has 0 radical (unpaired) electrons. The number of rotatable bonds is 11. The topological polar surface area (TPSA) is 92.8 Å². The number of non-ortho nitro benzene ring substituents is 1. The standard InChI is InChI=1S/C25H28N2O6/c1-17-14-22(18(2)26(17)12-5-13-31-3)24(28)16-33-25-11-8-20(27(29)30)15-23(25)19-6-9-21(32-4)10-7-19/h6-11,14-15H,5,12-13,16H2,1-4H3. The molecule has 0 aliphatic rings. The molecule has 0 aliphatic heterocycles. The number of carbonyl (C=O) groups excluding carboxylic acids is 1. The van der Waals surface area contributed by atoms with Crippen LogP contribution in [-0.2, 0) is 11.3 Å². The molecule has 0 amide bonds. The van der Waals surface area contributed by atoms with Crippen molar-refractivity contribution in [3.05, 3.63) is 75.6 Å². The first-order valence-corrected chi connectivity index (χ1v) is 10.6. The number of ether oxygens (including phenoxy) is 3. The number of hydrogen-bond acceptors (Lipinski definition) is 6. The van der Waals surface area contributed by atoms with E-state index in [1.165, 1.54) is 18.2 Å². The van der Waals surface area contributed by atoms with E-state index in [0.717, 1.165) is 29.9 Å². The Morgan fingerprint density at radius 2 is 1.79 bits per heavy atom. The Balaban J connectivity index is 1.83. The van der Waals surface area contributed by atoms with Gasteiger partial charge in [0.15, 0.2) is 6.61 Å². The van der Waals surface area contributed by atoms with Gasteiger partial charge in [-0.3, -0.25) is 14.9 Å². The molecule has 8 nitrogen and oxygen atoms in total. The van der Waals surface area contributed by atoms with Crippen molar-refractivity contribution in [3.63, 3.8) is 0 Å². The minimum absolute atomic E-state index is 0.0564. The lowest BCUT2D eigenvalue weighted by molar-refractivity contribution is -0.384. The van der Waals surface area contributed by atoms with E-state index in [2.05, 4.69) is 4.57 Å². The quantitative estimate of drug-likeness (QED) is 0.176. The van der Waals surface area contributed by atoms with Gasteiger partial charge in [-0.05, 0) is 50.1 Å². The van der Waals surface area contributed by atoms with Crippen molar-refractivity contribution in [2.24, 2.45) is 0 Å². The smallest absolute Gasteiger partial charge is 0.270 e. The second-order valence-corrected chi connectivity index (χ2v) is 7.66.